The number of nitrogens with zero attached hydrogens (tertiary/aromatic N) is 3. The van der Waals surface area contributed by atoms with Crippen LogP contribution >= 0.6 is 11.6 Å². The molecule has 0 bridgehead atoms. The number of aryl methyl sites for hydroxylation is 1. The van der Waals surface area contributed by atoms with Gasteiger partial charge in [0.15, 0.2) is 0 Å². The number of hydrogen-bond donors (Lipinski definition) is 0. The van der Waals surface area contributed by atoms with Gasteiger partial charge in [0.1, 0.15) is 5.69 Å². The maximum absolute atomic E-state index is 5.93. The van der Waals surface area contributed by atoms with Crippen LogP contribution in [0.2, 0.25) is 0 Å². The summed E-state index contributed by atoms with van der Waals surface area (Å²) in [5, 5.41) is 7.96. The number of alkyl halides is 1. The Hall–Kier alpha value is -1.35. The molecule has 1 heterocycles. The highest BCUT2D eigenvalue weighted by Gasteiger charge is 2.08. The van der Waals surface area contributed by atoms with Gasteiger partial charge in [-0.3, -0.25) is 0 Å². The number of halogens is 1. The topological polar surface area (TPSA) is 30.7 Å². The maximum Gasteiger partial charge on any atom is 0.101 e. The van der Waals surface area contributed by atoms with E-state index < -0.39 is 0 Å². The van der Waals surface area contributed by atoms with Gasteiger partial charge in [0.2, 0.25) is 0 Å². The zero-order chi connectivity index (χ0) is 10.8. The van der Waals surface area contributed by atoms with Crippen molar-refractivity contribution in [3.8, 4) is 5.69 Å². The van der Waals surface area contributed by atoms with Crippen molar-refractivity contribution >= 4 is 11.6 Å². The molecule has 0 radical (unpaired) electrons. The summed E-state index contributed by atoms with van der Waals surface area (Å²) >= 11 is 5.93. The van der Waals surface area contributed by atoms with Gasteiger partial charge >= 0.3 is 0 Å². The molecular formula is C11H12ClN3. The second kappa shape index (κ2) is 4.03. The van der Waals surface area contributed by atoms with Gasteiger partial charge in [-0.05, 0) is 25.5 Å². The van der Waals surface area contributed by atoms with Crippen LogP contribution in [0, 0.1) is 6.92 Å². The molecule has 1 aromatic carbocycles. The minimum atomic E-state index is -0.109. The molecule has 1 atom stereocenters. The molecule has 0 amide bonds. The minimum Gasteiger partial charge on any atom is -0.220 e. The highest BCUT2D eigenvalue weighted by Crippen LogP contribution is 2.18. The highest BCUT2D eigenvalue weighted by molar-refractivity contribution is 6.20. The lowest BCUT2D eigenvalue weighted by atomic mass is 10.2. The van der Waals surface area contributed by atoms with Crippen LogP contribution in [0.1, 0.15) is 23.6 Å². The van der Waals surface area contributed by atoms with Gasteiger partial charge in [-0.1, -0.05) is 23.4 Å². The number of aromatic nitrogens is 3. The maximum atomic E-state index is 5.93. The Labute approximate surface area is 93.7 Å². The lowest BCUT2D eigenvalue weighted by Crippen LogP contribution is -1.97. The van der Waals surface area contributed by atoms with E-state index in [9.17, 15) is 0 Å². The normalized spacial score (nSPS) is 12.7. The molecule has 1 unspecified atom stereocenters. The van der Waals surface area contributed by atoms with E-state index in [-0.39, 0.29) is 5.38 Å². The summed E-state index contributed by atoms with van der Waals surface area (Å²) in [7, 11) is 0. The predicted molar refractivity (Wildman–Crippen MR) is 60.4 cm³/mol. The van der Waals surface area contributed by atoms with E-state index in [1.165, 1.54) is 0 Å². The van der Waals surface area contributed by atoms with Gasteiger partial charge in [-0.25, -0.2) is 4.68 Å². The standard InChI is InChI=1S/C11H12ClN3/c1-8-5-3-4-6-11(8)15-7-10(9(2)12)13-14-15/h3-7,9H,1-2H3. The van der Waals surface area contributed by atoms with E-state index >= 15 is 0 Å². The first-order valence-electron chi connectivity index (χ1n) is 4.81. The molecule has 0 spiro atoms. The molecule has 0 N–H and O–H groups in total. The van der Waals surface area contributed by atoms with Gasteiger partial charge in [0, 0.05) is 0 Å². The van der Waals surface area contributed by atoms with Crippen LogP contribution in [0.5, 0.6) is 0 Å². The average molecular weight is 222 g/mol. The molecule has 0 saturated heterocycles. The largest absolute Gasteiger partial charge is 0.220 e. The Kier molecular flexibility index (Phi) is 2.73. The molecule has 2 rings (SSSR count). The average Bonchev–Trinajstić information content (AvgIpc) is 2.67. The van der Waals surface area contributed by atoms with Crippen LogP contribution in [0.25, 0.3) is 5.69 Å². The Bertz CT molecular complexity index is 462. The third-order valence-electron chi connectivity index (χ3n) is 2.28. The number of para-hydroxylation sites is 1. The Morgan fingerprint density at radius 1 is 1.33 bits per heavy atom. The van der Waals surface area contributed by atoms with Crippen LogP contribution in [0.15, 0.2) is 30.5 Å². The van der Waals surface area contributed by atoms with Crippen LogP contribution < -0.4 is 0 Å². The van der Waals surface area contributed by atoms with Crippen LogP contribution in [-0.4, -0.2) is 15.0 Å². The molecule has 0 aliphatic heterocycles. The summed E-state index contributed by atoms with van der Waals surface area (Å²) in [5.74, 6) is 0. The number of rotatable bonds is 2. The van der Waals surface area contributed by atoms with E-state index in [1.54, 1.807) is 4.68 Å². The van der Waals surface area contributed by atoms with Gasteiger partial charge < -0.3 is 0 Å². The second-order valence-corrected chi connectivity index (χ2v) is 4.15. The predicted octanol–water partition coefficient (Wildman–Crippen LogP) is 2.88. The molecule has 0 aliphatic rings. The van der Waals surface area contributed by atoms with Gasteiger partial charge in [-0.2, -0.15) is 0 Å². The van der Waals surface area contributed by atoms with Gasteiger partial charge in [0.05, 0.1) is 17.3 Å². The molecule has 1 aromatic heterocycles. The first-order valence-corrected chi connectivity index (χ1v) is 5.24. The SMILES string of the molecule is Cc1ccccc1-n1cc(C(C)Cl)nn1. The quantitative estimate of drug-likeness (QED) is 0.731. The van der Waals surface area contributed by atoms with E-state index in [0.29, 0.717) is 0 Å². The molecule has 0 aliphatic carbocycles. The van der Waals surface area contributed by atoms with E-state index in [4.69, 9.17) is 11.6 Å². The zero-order valence-corrected chi connectivity index (χ0v) is 9.44. The van der Waals surface area contributed by atoms with Crippen molar-refractivity contribution in [1.29, 1.82) is 0 Å². The monoisotopic (exact) mass is 221 g/mol. The number of benzene rings is 1. The summed E-state index contributed by atoms with van der Waals surface area (Å²) in [6, 6.07) is 8.03. The van der Waals surface area contributed by atoms with Crippen molar-refractivity contribution < 1.29 is 0 Å². The van der Waals surface area contributed by atoms with Crippen molar-refractivity contribution in [2.75, 3.05) is 0 Å². The molecule has 3 nitrogen and oxygen atoms in total. The summed E-state index contributed by atoms with van der Waals surface area (Å²) in [6.45, 7) is 3.93. The van der Waals surface area contributed by atoms with Crippen LogP contribution in [0.3, 0.4) is 0 Å². The van der Waals surface area contributed by atoms with Crippen molar-refractivity contribution in [2.45, 2.75) is 19.2 Å². The molecule has 0 fully saturated rings. The Morgan fingerprint density at radius 2 is 2.07 bits per heavy atom. The summed E-state index contributed by atoms with van der Waals surface area (Å²) in [5.41, 5.74) is 2.99. The molecular weight excluding hydrogens is 210 g/mol. The third-order valence-corrected chi connectivity index (χ3v) is 2.50. The lowest BCUT2D eigenvalue weighted by Gasteiger charge is -2.03. The van der Waals surface area contributed by atoms with E-state index in [2.05, 4.69) is 10.3 Å². The summed E-state index contributed by atoms with van der Waals surface area (Å²) in [6.07, 6.45) is 1.86. The Morgan fingerprint density at radius 3 is 2.67 bits per heavy atom. The summed E-state index contributed by atoms with van der Waals surface area (Å²) in [4.78, 5) is 0. The van der Waals surface area contributed by atoms with Crippen molar-refractivity contribution in [3.63, 3.8) is 0 Å². The van der Waals surface area contributed by atoms with Crippen molar-refractivity contribution in [2.24, 2.45) is 0 Å². The summed E-state index contributed by atoms with van der Waals surface area (Å²) < 4.78 is 1.75. The van der Waals surface area contributed by atoms with Crippen LogP contribution in [0.4, 0.5) is 0 Å². The molecule has 78 valence electrons. The minimum absolute atomic E-state index is 0.109. The van der Waals surface area contributed by atoms with Crippen LogP contribution in [-0.2, 0) is 0 Å². The fourth-order valence-corrected chi connectivity index (χ4v) is 1.50. The first-order chi connectivity index (χ1) is 7.18. The third kappa shape index (κ3) is 2.02. The second-order valence-electron chi connectivity index (χ2n) is 3.49. The van der Waals surface area contributed by atoms with E-state index in [0.717, 1.165) is 16.9 Å². The fraction of sp³-hybridized carbons (Fsp3) is 0.273. The fourth-order valence-electron chi connectivity index (χ4n) is 1.40. The first kappa shape index (κ1) is 10.2. The molecule has 0 saturated carbocycles. The molecule has 4 heteroatoms. The Balaban J connectivity index is 2.42. The van der Waals surface area contributed by atoms with E-state index in [1.807, 2.05) is 44.3 Å². The molecule has 15 heavy (non-hydrogen) atoms. The van der Waals surface area contributed by atoms with Crippen molar-refractivity contribution in [1.82, 2.24) is 15.0 Å². The highest BCUT2D eigenvalue weighted by atomic mass is 35.5. The lowest BCUT2D eigenvalue weighted by molar-refractivity contribution is 0.792. The number of hydrogen-bond acceptors (Lipinski definition) is 2. The van der Waals surface area contributed by atoms with Gasteiger partial charge in [-0.15, -0.1) is 16.7 Å². The zero-order valence-electron chi connectivity index (χ0n) is 8.68. The van der Waals surface area contributed by atoms with Gasteiger partial charge in [0.25, 0.3) is 0 Å². The molecule has 2 aromatic rings. The smallest absolute Gasteiger partial charge is 0.101 e. The van der Waals surface area contributed by atoms with Crippen molar-refractivity contribution in [3.05, 3.63) is 41.7 Å².